The minimum absolute atomic E-state index is 0.165. The van der Waals surface area contributed by atoms with E-state index < -0.39 is 0 Å². The number of nitrogens with one attached hydrogen (secondary N) is 1. The van der Waals surface area contributed by atoms with Gasteiger partial charge < -0.3 is 15.2 Å². The van der Waals surface area contributed by atoms with Crippen LogP contribution in [0.2, 0.25) is 0 Å². The predicted molar refractivity (Wildman–Crippen MR) is 61.2 cm³/mol. The second-order valence-corrected chi connectivity index (χ2v) is 3.41. The summed E-state index contributed by atoms with van der Waals surface area (Å²) >= 11 is 0. The van der Waals surface area contributed by atoms with Crippen molar-refractivity contribution < 1.29 is 9.84 Å². The first-order valence-electron chi connectivity index (χ1n) is 4.89. The van der Waals surface area contributed by atoms with Crippen molar-refractivity contribution in [3.63, 3.8) is 0 Å². The molecule has 0 radical (unpaired) electrons. The Morgan fingerprint density at radius 3 is 2.93 bits per heavy atom. The van der Waals surface area contributed by atoms with E-state index in [0.29, 0.717) is 5.75 Å². The van der Waals surface area contributed by atoms with Crippen molar-refractivity contribution in [3.05, 3.63) is 36.4 Å². The number of methoxy groups -OCH3 is 1. The maximum absolute atomic E-state index is 9.40. The lowest BCUT2D eigenvalue weighted by Gasteiger charge is -2.10. The molecule has 0 spiro atoms. The highest BCUT2D eigenvalue weighted by atomic mass is 16.5. The number of hydrogen-bond acceptors (Lipinski definition) is 3. The SMILES string of the molecule is C=CC(C)NCc1ccc(O)c(OC)c1. The van der Waals surface area contributed by atoms with Gasteiger partial charge in [-0.15, -0.1) is 6.58 Å². The first kappa shape index (κ1) is 11.6. The van der Waals surface area contributed by atoms with E-state index in [1.807, 2.05) is 25.1 Å². The van der Waals surface area contributed by atoms with Crippen LogP contribution in [0.1, 0.15) is 12.5 Å². The van der Waals surface area contributed by atoms with Gasteiger partial charge in [-0.1, -0.05) is 12.1 Å². The summed E-state index contributed by atoms with van der Waals surface area (Å²) in [5, 5.41) is 12.7. The standard InChI is InChI=1S/C12H17NO2/c1-4-9(2)13-8-10-5-6-11(14)12(7-10)15-3/h4-7,9,13-14H,1,8H2,2-3H3. The van der Waals surface area contributed by atoms with Crippen molar-refractivity contribution in [2.24, 2.45) is 0 Å². The average Bonchev–Trinajstić information content (AvgIpc) is 2.27. The molecule has 15 heavy (non-hydrogen) atoms. The summed E-state index contributed by atoms with van der Waals surface area (Å²) in [4.78, 5) is 0. The molecule has 0 heterocycles. The second-order valence-electron chi connectivity index (χ2n) is 3.41. The molecule has 3 heteroatoms. The Balaban J connectivity index is 2.66. The lowest BCUT2D eigenvalue weighted by Crippen LogP contribution is -2.22. The van der Waals surface area contributed by atoms with Gasteiger partial charge in [0.15, 0.2) is 11.5 Å². The minimum Gasteiger partial charge on any atom is -0.504 e. The fourth-order valence-corrected chi connectivity index (χ4v) is 1.19. The zero-order valence-electron chi connectivity index (χ0n) is 9.16. The lowest BCUT2D eigenvalue weighted by atomic mass is 10.2. The summed E-state index contributed by atoms with van der Waals surface area (Å²) in [6, 6.07) is 5.58. The Hall–Kier alpha value is -1.48. The highest BCUT2D eigenvalue weighted by Crippen LogP contribution is 2.26. The number of aromatic hydroxyl groups is 1. The Labute approximate surface area is 90.4 Å². The highest BCUT2D eigenvalue weighted by Gasteiger charge is 2.03. The summed E-state index contributed by atoms with van der Waals surface area (Å²) in [6.45, 7) is 6.45. The number of benzene rings is 1. The molecule has 0 saturated carbocycles. The normalized spacial score (nSPS) is 12.1. The zero-order valence-corrected chi connectivity index (χ0v) is 9.16. The summed E-state index contributed by atoms with van der Waals surface area (Å²) < 4.78 is 5.02. The summed E-state index contributed by atoms with van der Waals surface area (Å²) in [7, 11) is 1.54. The van der Waals surface area contributed by atoms with Crippen molar-refractivity contribution in [1.29, 1.82) is 0 Å². The highest BCUT2D eigenvalue weighted by molar-refractivity contribution is 5.41. The molecule has 0 aliphatic rings. The molecule has 1 aromatic carbocycles. The first-order valence-corrected chi connectivity index (χ1v) is 4.89. The lowest BCUT2D eigenvalue weighted by molar-refractivity contribution is 0.372. The Bertz CT molecular complexity index is 336. The van der Waals surface area contributed by atoms with Crippen molar-refractivity contribution in [3.8, 4) is 11.5 Å². The number of phenolic OH excluding ortho intramolecular Hbond substituents is 1. The summed E-state index contributed by atoms with van der Waals surface area (Å²) in [5.41, 5.74) is 1.07. The van der Waals surface area contributed by atoms with E-state index in [1.165, 1.54) is 0 Å². The Kier molecular flexibility index (Phi) is 4.18. The molecule has 82 valence electrons. The molecule has 1 rings (SSSR count). The van der Waals surface area contributed by atoms with Crippen LogP contribution < -0.4 is 10.1 Å². The zero-order chi connectivity index (χ0) is 11.3. The third-order valence-corrected chi connectivity index (χ3v) is 2.23. The van der Waals surface area contributed by atoms with Crippen molar-refractivity contribution in [2.75, 3.05) is 7.11 Å². The van der Waals surface area contributed by atoms with Crippen LogP contribution in [-0.4, -0.2) is 18.3 Å². The molecule has 1 aromatic rings. The van der Waals surface area contributed by atoms with E-state index in [1.54, 1.807) is 13.2 Å². The van der Waals surface area contributed by atoms with Crippen LogP contribution >= 0.6 is 0 Å². The van der Waals surface area contributed by atoms with Gasteiger partial charge in [0.25, 0.3) is 0 Å². The van der Waals surface area contributed by atoms with Crippen LogP contribution in [0.4, 0.5) is 0 Å². The fourth-order valence-electron chi connectivity index (χ4n) is 1.19. The molecule has 2 N–H and O–H groups in total. The molecule has 0 fully saturated rings. The van der Waals surface area contributed by atoms with Gasteiger partial charge in [0.1, 0.15) is 0 Å². The molecule has 0 amide bonds. The van der Waals surface area contributed by atoms with Gasteiger partial charge in [-0.3, -0.25) is 0 Å². The van der Waals surface area contributed by atoms with E-state index in [9.17, 15) is 5.11 Å². The Morgan fingerprint density at radius 1 is 1.60 bits per heavy atom. The van der Waals surface area contributed by atoms with Gasteiger partial charge in [0, 0.05) is 12.6 Å². The van der Waals surface area contributed by atoms with Crippen LogP contribution in [0.5, 0.6) is 11.5 Å². The molecule has 1 unspecified atom stereocenters. The molecule has 0 aliphatic carbocycles. The van der Waals surface area contributed by atoms with Crippen LogP contribution in [0.25, 0.3) is 0 Å². The molecule has 0 aliphatic heterocycles. The molecule has 0 aromatic heterocycles. The van der Waals surface area contributed by atoms with Crippen molar-refractivity contribution >= 4 is 0 Å². The number of rotatable bonds is 5. The number of phenols is 1. The van der Waals surface area contributed by atoms with Gasteiger partial charge >= 0.3 is 0 Å². The van der Waals surface area contributed by atoms with E-state index in [2.05, 4.69) is 11.9 Å². The molecule has 0 bridgehead atoms. The summed E-state index contributed by atoms with van der Waals surface area (Å²) in [5.74, 6) is 0.665. The van der Waals surface area contributed by atoms with Gasteiger partial charge in [-0.05, 0) is 24.6 Å². The number of hydrogen-bond donors (Lipinski definition) is 2. The van der Waals surface area contributed by atoms with Gasteiger partial charge in [-0.25, -0.2) is 0 Å². The van der Waals surface area contributed by atoms with E-state index in [4.69, 9.17) is 4.74 Å². The molecule has 3 nitrogen and oxygen atoms in total. The molecular formula is C12H17NO2. The van der Waals surface area contributed by atoms with Gasteiger partial charge in [0.05, 0.1) is 7.11 Å². The van der Waals surface area contributed by atoms with Crippen LogP contribution in [0.3, 0.4) is 0 Å². The van der Waals surface area contributed by atoms with Crippen LogP contribution in [0, 0.1) is 0 Å². The Morgan fingerprint density at radius 2 is 2.33 bits per heavy atom. The third kappa shape index (κ3) is 3.29. The molecular weight excluding hydrogens is 190 g/mol. The maximum Gasteiger partial charge on any atom is 0.160 e. The smallest absolute Gasteiger partial charge is 0.160 e. The first-order chi connectivity index (χ1) is 7.17. The fraction of sp³-hybridized carbons (Fsp3) is 0.333. The van der Waals surface area contributed by atoms with Gasteiger partial charge in [0.2, 0.25) is 0 Å². The quantitative estimate of drug-likeness (QED) is 0.726. The minimum atomic E-state index is 0.165. The maximum atomic E-state index is 9.40. The van der Waals surface area contributed by atoms with E-state index >= 15 is 0 Å². The second kappa shape index (κ2) is 5.41. The van der Waals surface area contributed by atoms with Crippen LogP contribution in [-0.2, 0) is 6.54 Å². The van der Waals surface area contributed by atoms with E-state index in [-0.39, 0.29) is 11.8 Å². The average molecular weight is 207 g/mol. The topological polar surface area (TPSA) is 41.5 Å². The number of ether oxygens (including phenoxy) is 1. The van der Waals surface area contributed by atoms with Crippen molar-refractivity contribution in [1.82, 2.24) is 5.32 Å². The van der Waals surface area contributed by atoms with Crippen LogP contribution in [0.15, 0.2) is 30.9 Å². The summed E-state index contributed by atoms with van der Waals surface area (Å²) in [6.07, 6.45) is 1.84. The molecule has 1 atom stereocenters. The van der Waals surface area contributed by atoms with E-state index in [0.717, 1.165) is 12.1 Å². The molecule has 0 saturated heterocycles. The van der Waals surface area contributed by atoms with Crippen molar-refractivity contribution in [2.45, 2.75) is 19.5 Å². The third-order valence-electron chi connectivity index (χ3n) is 2.23. The largest absolute Gasteiger partial charge is 0.504 e. The van der Waals surface area contributed by atoms with Gasteiger partial charge in [-0.2, -0.15) is 0 Å². The monoisotopic (exact) mass is 207 g/mol. The predicted octanol–water partition coefficient (Wildman–Crippen LogP) is 2.06.